The maximum Gasteiger partial charge on any atom is 0.254 e. The Labute approximate surface area is 172 Å². The summed E-state index contributed by atoms with van der Waals surface area (Å²) in [6, 6.07) is 13.2. The van der Waals surface area contributed by atoms with Crippen molar-refractivity contribution in [2.24, 2.45) is 5.41 Å². The average molecular weight is 392 g/mol. The number of ketones is 1. The number of hydrogen-bond acceptors (Lipinski definition) is 3. The molecule has 1 aliphatic heterocycles. The van der Waals surface area contributed by atoms with Crippen LogP contribution in [0.2, 0.25) is 0 Å². The van der Waals surface area contributed by atoms with Crippen molar-refractivity contribution in [3.63, 3.8) is 0 Å². The van der Waals surface area contributed by atoms with E-state index in [1.165, 1.54) is 5.56 Å². The Morgan fingerprint density at radius 2 is 1.86 bits per heavy atom. The normalized spacial score (nSPS) is 24.7. The van der Waals surface area contributed by atoms with Gasteiger partial charge in [-0.2, -0.15) is 0 Å². The van der Waals surface area contributed by atoms with E-state index in [-0.39, 0.29) is 28.6 Å². The topological polar surface area (TPSA) is 57.6 Å². The molecule has 152 valence electrons. The van der Waals surface area contributed by atoms with E-state index in [0.29, 0.717) is 30.7 Å². The smallest absolute Gasteiger partial charge is 0.254 e. The van der Waals surface area contributed by atoms with E-state index < -0.39 is 0 Å². The first-order chi connectivity index (χ1) is 13.6. The largest absolute Gasteiger partial charge is 0.508 e. The maximum atomic E-state index is 13.5. The molecule has 4 rings (SSSR count). The number of phenolic OH excluding ortho intramolecular Hbond substituents is 1. The second-order valence-corrected chi connectivity index (χ2v) is 9.40. The molecular weight excluding hydrogens is 362 g/mol. The third-order valence-electron chi connectivity index (χ3n) is 7.52. The molecule has 1 saturated heterocycles. The summed E-state index contributed by atoms with van der Waals surface area (Å²) in [6.45, 7) is 9.02. The Balaban J connectivity index is 1.72. The van der Waals surface area contributed by atoms with Gasteiger partial charge in [0.1, 0.15) is 11.5 Å². The number of carbonyl (C=O) groups excluding carboxylic acids is 2. The fraction of sp³-hybridized carbons (Fsp3) is 0.440. The van der Waals surface area contributed by atoms with E-state index >= 15 is 0 Å². The van der Waals surface area contributed by atoms with E-state index in [1.54, 1.807) is 13.0 Å². The molecule has 4 heteroatoms. The highest BCUT2D eigenvalue weighted by atomic mass is 16.3. The van der Waals surface area contributed by atoms with Gasteiger partial charge in [-0.05, 0) is 60.1 Å². The zero-order valence-corrected chi connectivity index (χ0v) is 17.7. The van der Waals surface area contributed by atoms with Gasteiger partial charge in [-0.15, -0.1) is 0 Å². The number of Topliss-reactive ketones (excluding diaryl/α,β-unsaturated/α-hetero) is 1. The highest BCUT2D eigenvalue weighted by Gasteiger charge is 2.57. The SMILES string of the molecule is CC(=O)Cc1cccc(C(=O)N2CC[C@@]3(C)c4cccc(O)c4C[C@@H]2C3(C)C)c1. The highest BCUT2D eigenvalue weighted by Crippen LogP contribution is 2.57. The summed E-state index contributed by atoms with van der Waals surface area (Å²) in [5, 5.41) is 10.5. The Morgan fingerprint density at radius 3 is 2.59 bits per heavy atom. The average Bonchev–Trinajstić information content (AvgIpc) is 2.64. The van der Waals surface area contributed by atoms with E-state index in [9.17, 15) is 14.7 Å². The lowest BCUT2D eigenvalue weighted by molar-refractivity contribution is -0.116. The quantitative estimate of drug-likeness (QED) is 0.850. The van der Waals surface area contributed by atoms with Crippen LogP contribution in [0.3, 0.4) is 0 Å². The van der Waals surface area contributed by atoms with Crippen molar-refractivity contribution in [2.75, 3.05) is 6.54 Å². The van der Waals surface area contributed by atoms with Crippen molar-refractivity contribution in [1.82, 2.24) is 4.90 Å². The summed E-state index contributed by atoms with van der Waals surface area (Å²) in [5.41, 5.74) is 3.47. The molecule has 0 radical (unpaired) electrons. The lowest BCUT2D eigenvalue weighted by atomic mass is 9.51. The molecule has 29 heavy (non-hydrogen) atoms. The summed E-state index contributed by atoms with van der Waals surface area (Å²) in [7, 11) is 0. The number of phenols is 1. The van der Waals surface area contributed by atoms with Gasteiger partial charge in [0.05, 0.1) is 0 Å². The number of amides is 1. The minimum absolute atomic E-state index is 0.00557. The Bertz CT molecular complexity index is 993. The molecular formula is C25H29NO3. The van der Waals surface area contributed by atoms with Crippen molar-refractivity contribution in [3.8, 4) is 5.75 Å². The van der Waals surface area contributed by atoms with Crippen LogP contribution in [-0.4, -0.2) is 34.3 Å². The first-order valence-electron chi connectivity index (χ1n) is 10.4. The number of fused-ring (bicyclic) bond motifs is 4. The van der Waals surface area contributed by atoms with Crippen molar-refractivity contribution >= 4 is 11.7 Å². The summed E-state index contributed by atoms with van der Waals surface area (Å²) in [4.78, 5) is 27.0. The lowest BCUT2D eigenvalue weighted by Gasteiger charge is -2.60. The molecule has 2 bridgehead atoms. The number of carbonyl (C=O) groups is 2. The molecule has 1 amide bonds. The molecule has 1 aliphatic carbocycles. The second kappa shape index (κ2) is 6.72. The highest BCUT2D eigenvalue weighted by molar-refractivity contribution is 5.95. The van der Waals surface area contributed by atoms with Crippen LogP contribution in [0.4, 0.5) is 0 Å². The number of nitrogens with zero attached hydrogens (tertiary/aromatic N) is 1. The van der Waals surface area contributed by atoms with Gasteiger partial charge in [-0.25, -0.2) is 0 Å². The van der Waals surface area contributed by atoms with E-state index in [4.69, 9.17) is 0 Å². The second-order valence-electron chi connectivity index (χ2n) is 9.40. The van der Waals surface area contributed by atoms with Gasteiger partial charge < -0.3 is 10.0 Å². The van der Waals surface area contributed by atoms with E-state index in [0.717, 1.165) is 17.5 Å². The zero-order chi connectivity index (χ0) is 21.0. The molecule has 2 aliphatic rings. The van der Waals surface area contributed by atoms with Gasteiger partial charge in [0.25, 0.3) is 5.91 Å². The molecule has 0 saturated carbocycles. The number of benzene rings is 2. The third-order valence-corrected chi connectivity index (χ3v) is 7.52. The maximum absolute atomic E-state index is 13.5. The van der Waals surface area contributed by atoms with E-state index in [1.807, 2.05) is 35.2 Å². The summed E-state index contributed by atoms with van der Waals surface area (Å²) < 4.78 is 0. The standard InChI is InChI=1S/C25H29NO3/c1-16(27)13-17-7-5-8-18(14-17)23(29)26-12-11-25(4)20-9-6-10-21(28)19(20)15-22(26)24(25,2)3/h5-10,14,22,28H,11-13,15H2,1-4H3/t22-,25+/m1/s1. The van der Waals surface area contributed by atoms with Gasteiger partial charge >= 0.3 is 0 Å². The van der Waals surface area contributed by atoms with Crippen LogP contribution >= 0.6 is 0 Å². The van der Waals surface area contributed by atoms with E-state index in [2.05, 4.69) is 26.8 Å². The van der Waals surface area contributed by atoms with Crippen molar-refractivity contribution in [1.29, 1.82) is 0 Å². The molecule has 0 aromatic heterocycles. The van der Waals surface area contributed by atoms with Crippen LogP contribution in [0.1, 0.15) is 61.2 Å². The van der Waals surface area contributed by atoms with Crippen LogP contribution < -0.4 is 0 Å². The minimum atomic E-state index is -0.126. The fourth-order valence-electron chi connectivity index (χ4n) is 5.44. The fourth-order valence-corrected chi connectivity index (χ4v) is 5.44. The molecule has 4 nitrogen and oxygen atoms in total. The molecule has 2 atom stereocenters. The van der Waals surface area contributed by atoms with Crippen LogP contribution in [0, 0.1) is 5.41 Å². The van der Waals surface area contributed by atoms with Crippen molar-refractivity contribution < 1.29 is 14.7 Å². The number of rotatable bonds is 3. The van der Waals surface area contributed by atoms with Gasteiger partial charge in [-0.3, -0.25) is 9.59 Å². The summed E-state index contributed by atoms with van der Waals surface area (Å²) in [5.74, 6) is 0.421. The molecule has 1 fully saturated rings. The summed E-state index contributed by atoms with van der Waals surface area (Å²) in [6.07, 6.45) is 1.85. The van der Waals surface area contributed by atoms with Crippen LogP contribution in [0.15, 0.2) is 42.5 Å². The predicted molar refractivity (Wildman–Crippen MR) is 113 cm³/mol. The molecule has 1 heterocycles. The minimum Gasteiger partial charge on any atom is -0.508 e. The Hall–Kier alpha value is -2.62. The zero-order valence-electron chi connectivity index (χ0n) is 17.7. The monoisotopic (exact) mass is 391 g/mol. The van der Waals surface area contributed by atoms with Gasteiger partial charge in [0.2, 0.25) is 0 Å². The first kappa shape index (κ1) is 19.7. The number of piperidine rings is 1. The first-order valence-corrected chi connectivity index (χ1v) is 10.4. The van der Waals surface area contributed by atoms with Crippen molar-refractivity contribution in [2.45, 2.75) is 58.4 Å². The predicted octanol–water partition coefficient (Wildman–Crippen LogP) is 4.28. The Kier molecular flexibility index (Phi) is 4.56. The third kappa shape index (κ3) is 2.97. The van der Waals surface area contributed by atoms with Crippen LogP contribution in [-0.2, 0) is 23.1 Å². The van der Waals surface area contributed by atoms with Crippen LogP contribution in [0.5, 0.6) is 5.75 Å². The van der Waals surface area contributed by atoms with Crippen LogP contribution in [0.25, 0.3) is 0 Å². The molecule has 0 unspecified atom stereocenters. The molecule has 0 spiro atoms. The number of hydrogen-bond donors (Lipinski definition) is 1. The van der Waals surface area contributed by atoms with Gasteiger partial charge in [-0.1, -0.05) is 45.0 Å². The number of likely N-dealkylation sites (tertiary alicyclic amines) is 1. The molecule has 2 aromatic rings. The van der Waals surface area contributed by atoms with Gasteiger partial charge in [0.15, 0.2) is 0 Å². The lowest BCUT2D eigenvalue weighted by Crippen LogP contribution is -2.64. The molecule has 1 N–H and O–H groups in total. The summed E-state index contributed by atoms with van der Waals surface area (Å²) >= 11 is 0. The molecule has 2 aromatic carbocycles. The van der Waals surface area contributed by atoms with Gasteiger partial charge in [0, 0.05) is 30.0 Å². The number of aromatic hydroxyl groups is 1. The Morgan fingerprint density at radius 1 is 1.14 bits per heavy atom. The van der Waals surface area contributed by atoms with Crippen molar-refractivity contribution in [3.05, 3.63) is 64.7 Å².